The zero-order valence-electron chi connectivity index (χ0n) is 15.7. The van der Waals surface area contributed by atoms with Crippen molar-refractivity contribution in [1.82, 2.24) is 14.8 Å². The van der Waals surface area contributed by atoms with Gasteiger partial charge in [0.05, 0.1) is 5.54 Å². The minimum Gasteiger partial charge on any atom is -0.309 e. The maximum atomic E-state index is 12.7. The number of pyridine rings is 1. The molecule has 1 aliphatic rings. The van der Waals surface area contributed by atoms with Crippen LogP contribution >= 0.6 is 0 Å². The van der Waals surface area contributed by atoms with Crippen molar-refractivity contribution in [2.24, 2.45) is 0 Å². The molecule has 1 fully saturated rings. The van der Waals surface area contributed by atoms with Crippen LogP contribution in [0.5, 0.6) is 0 Å². The van der Waals surface area contributed by atoms with Gasteiger partial charge in [0.1, 0.15) is 5.82 Å². The fourth-order valence-corrected chi connectivity index (χ4v) is 3.31. The Morgan fingerprint density at radius 3 is 2.38 bits per heavy atom. The first-order valence-corrected chi connectivity index (χ1v) is 9.29. The van der Waals surface area contributed by atoms with Crippen molar-refractivity contribution in [2.75, 3.05) is 38.0 Å². The Balaban J connectivity index is 1.49. The van der Waals surface area contributed by atoms with Gasteiger partial charge in [-0.05, 0) is 38.0 Å². The second-order valence-corrected chi connectivity index (χ2v) is 7.29. The molecule has 26 heavy (non-hydrogen) atoms. The summed E-state index contributed by atoms with van der Waals surface area (Å²) in [5.41, 5.74) is 0.827. The van der Waals surface area contributed by atoms with Gasteiger partial charge in [0, 0.05) is 38.9 Å². The van der Waals surface area contributed by atoms with Crippen molar-refractivity contribution < 1.29 is 4.79 Å². The van der Waals surface area contributed by atoms with Crippen LogP contribution in [0.1, 0.15) is 19.4 Å². The first kappa shape index (κ1) is 18.5. The Labute approximate surface area is 156 Å². The molecule has 0 atom stereocenters. The molecule has 0 bridgehead atoms. The Morgan fingerprint density at radius 2 is 1.73 bits per heavy atom. The predicted octanol–water partition coefficient (Wildman–Crippen LogP) is 2.66. The van der Waals surface area contributed by atoms with Crippen LogP contribution in [0, 0.1) is 0 Å². The lowest BCUT2D eigenvalue weighted by atomic mass is 10.00. The Bertz CT molecular complexity index is 694. The van der Waals surface area contributed by atoms with Crippen LogP contribution in [0.3, 0.4) is 0 Å². The van der Waals surface area contributed by atoms with E-state index in [4.69, 9.17) is 0 Å². The monoisotopic (exact) mass is 352 g/mol. The smallest absolute Gasteiger partial charge is 0.245 e. The van der Waals surface area contributed by atoms with Gasteiger partial charge in [-0.15, -0.1) is 0 Å². The highest BCUT2D eigenvalue weighted by Crippen LogP contribution is 2.19. The molecule has 1 aromatic heterocycles. The van der Waals surface area contributed by atoms with Gasteiger partial charge < -0.3 is 10.2 Å². The van der Waals surface area contributed by atoms with E-state index in [9.17, 15) is 4.79 Å². The van der Waals surface area contributed by atoms with Crippen molar-refractivity contribution in [2.45, 2.75) is 25.8 Å². The topological polar surface area (TPSA) is 48.5 Å². The largest absolute Gasteiger partial charge is 0.309 e. The lowest BCUT2D eigenvalue weighted by molar-refractivity contribution is -0.127. The van der Waals surface area contributed by atoms with E-state index in [-0.39, 0.29) is 5.91 Å². The highest BCUT2D eigenvalue weighted by molar-refractivity contribution is 5.96. The average Bonchev–Trinajstić information content (AvgIpc) is 2.68. The summed E-state index contributed by atoms with van der Waals surface area (Å²) in [5.74, 6) is 0.598. The number of aromatic nitrogens is 1. The molecule has 1 N–H and O–H groups in total. The highest BCUT2D eigenvalue weighted by Gasteiger charge is 2.36. The number of nitrogens with zero attached hydrogens (tertiary/aromatic N) is 3. The molecular formula is C21H28N4O. The average molecular weight is 352 g/mol. The number of carbonyl (C=O) groups is 1. The van der Waals surface area contributed by atoms with E-state index in [1.807, 2.05) is 32.0 Å². The molecule has 5 heteroatoms. The molecule has 1 aromatic carbocycles. The fraction of sp³-hybridized carbons (Fsp3) is 0.429. The summed E-state index contributed by atoms with van der Waals surface area (Å²) in [5, 5.41) is 2.93. The van der Waals surface area contributed by atoms with Gasteiger partial charge in [0.2, 0.25) is 5.91 Å². The SMILES string of the molecule is CC(C)(C(=O)Nc1ccccn1)N1CCN(CCc2ccccc2)CC1. The van der Waals surface area contributed by atoms with E-state index in [0.717, 1.165) is 39.1 Å². The van der Waals surface area contributed by atoms with E-state index < -0.39 is 5.54 Å². The maximum Gasteiger partial charge on any atom is 0.245 e. The standard InChI is InChI=1S/C21H28N4O/c1-21(2,20(26)23-19-10-6-7-12-22-19)25-16-14-24(15-17-25)13-11-18-8-4-3-5-9-18/h3-10,12H,11,13-17H2,1-2H3,(H,22,23,26). The van der Waals surface area contributed by atoms with Gasteiger partial charge in [0.15, 0.2) is 0 Å². The second-order valence-electron chi connectivity index (χ2n) is 7.29. The molecule has 3 rings (SSSR count). The predicted molar refractivity (Wildman–Crippen MR) is 105 cm³/mol. The van der Waals surface area contributed by atoms with Gasteiger partial charge in [0.25, 0.3) is 0 Å². The van der Waals surface area contributed by atoms with E-state index in [2.05, 4.69) is 50.4 Å². The van der Waals surface area contributed by atoms with Crippen molar-refractivity contribution >= 4 is 11.7 Å². The number of piperazine rings is 1. The van der Waals surface area contributed by atoms with Crippen molar-refractivity contribution in [1.29, 1.82) is 0 Å². The number of carbonyl (C=O) groups excluding carboxylic acids is 1. The van der Waals surface area contributed by atoms with E-state index in [0.29, 0.717) is 5.82 Å². The zero-order valence-corrected chi connectivity index (χ0v) is 15.7. The number of benzene rings is 1. The summed E-state index contributed by atoms with van der Waals surface area (Å²) >= 11 is 0. The Morgan fingerprint density at radius 1 is 1.04 bits per heavy atom. The zero-order chi connectivity index (χ0) is 18.4. The molecular weight excluding hydrogens is 324 g/mol. The number of rotatable bonds is 6. The molecule has 1 amide bonds. The van der Waals surface area contributed by atoms with Crippen molar-refractivity contribution in [3.63, 3.8) is 0 Å². The summed E-state index contributed by atoms with van der Waals surface area (Å²) < 4.78 is 0. The summed E-state index contributed by atoms with van der Waals surface area (Å²) in [6.07, 6.45) is 2.76. The van der Waals surface area contributed by atoms with Gasteiger partial charge in [-0.3, -0.25) is 9.69 Å². The number of anilines is 1. The van der Waals surface area contributed by atoms with Gasteiger partial charge in [-0.2, -0.15) is 0 Å². The number of nitrogens with one attached hydrogen (secondary N) is 1. The van der Waals surface area contributed by atoms with Gasteiger partial charge in [-0.1, -0.05) is 36.4 Å². The summed E-state index contributed by atoms with van der Waals surface area (Å²) in [7, 11) is 0. The van der Waals surface area contributed by atoms with Crippen LogP contribution in [-0.2, 0) is 11.2 Å². The number of hydrogen-bond acceptors (Lipinski definition) is 4. The summed E-state index contributed by atoms with van der Waals surface area (Å²) in [4.78, 5) is 21.7. The van der Waals surface area contributed by atoms with Crippen LogP contribution in [-0.4, -0.2) is 59.0 Å². The van der Waals surface area contributed by atoms with Gasteiger partial charge >= 0.3 is 0 Å². The van der Waals surface area contributed by atoms with Crippen molar-refractivity contribution in [3.05, 3.63) is 60.3 Å². The van der Waals surface area contributed by atoms with Crippen LogP contribution in [0.25, 0.3) is 0 Å². The molecule has 2 aromatic rings. The maximum absolute atomic E-state index is 12.7. The van der Waals surface area contributed by atoms with Crippen LogP contribution in [0.2, 0.25) is 0 Å². The third-order valence-electron chi connectivity index (χ3n) is 5.18. The normalized spacial score (nSPS) is 16.4. The third kappa shape index (κ3) is 4.68. The lowest BCUT2D eigenvalue weighted by Gasteiger charge is -2.43. The van der Waals surface area contributed by atoms with Crippen LogP contribution < -0.4 is 5.32 Å². The fourth-order valence-electron chi connectivity index (χ4n) is 3.31. The number of amides is 1. The minimum absolute atomic E-state index is 0.00562. The molecule has 1 saturated heterocycles. The molecule has 2 heterocycles. The van der Waals surface area contributed by atoms with Gasteiger partial charge in [-0.25, -0.2) is 4.98 Å². The Kier molecular flexibility index (Phi) is 6.01. The summed E-state index contributed by atoms with van der Waals surface area (Å²) in [6, 6.07) is 16.1. The minimum atomic E-state index is -0.553. The molecule has 0 spiro atoms. The third-order valence-corrected chi connectivity index (χ3v) is 5.18. The Hall–Kier alpha value is -2.24. The second kappa shape index (κ2) is 8.43. The van der Waals surface area contributed by atoms with Crippen LogP contribution in [0.15, 0.2) is 54.7 Å². The molecule has 0 aliphatic carbocycles. The molecule has 138 valence electrons. The van der Waals surface area contributed by atoms with E-state index in [1.54, 1.807) is 6.20 Å². The van der Waals surface area contributed by atoms with E-state index in [1.165, 1.54) is 5.56 Å². The first-order chi connectivity index (χ1) is 12.6. The highest BCUT2D eigenvalue weighted by atomic mass is 16.2. The quantitative estimate of drug-likeness (QED) is 0.868. The number of hydrogen-bond donors (Lipinski definition) is 1. The molecule has 1 aliphatic heterocycles. The van der Waals surface area contributed by atoms with E-state index >= 15 is 0 Å². The van der Waals surface area contributed by atoms with Crippen molar-refractivity contribution in [3.8, 4) is 0 Å². The summed E-state index contributed by atoms with van der Waals surface area (Å²) in [6.45, 7) is 8.84. The van der Waals surface area contributed by atoms with Crippen LogP contribution in [0.4, 0.5) is 5.82 Å². The molecule has 0 saturated carbocycles. The first-order valence-electron chi connectivity index (χ1n) is 9.29. The molecule has 0 unspecified atom stereocenters. The molecule has 5 nitrogen and oxygen atoms in total. The molecule has 0 radical (unpaired) electrons. The lowest BCUT2D eigenvalue weighted by Crippen LogP contribution is -2.59.